The summed E-state index contributed by atoms with van der Waals surface area (Å²) in [6.45, 7) is 0. The van der Waals surface area contributed by atoms with E-state index in [1.807, 2.05) is 0 Å². The van der Waals surface area contributed by atoms with Gasteiger partial charge >= 0.3 is 113 Å². The predicted molar refractivity (Wildman–Crippen MR) is 33.6 cm³/mol. The molecule has 2 N–H and O–H groups in total. The monoisotopic (exact) mass is 212 g/mol. The number of hydrogen-bond acceptors (Lipinski definition) is 0. The fourth-order valence-electron chi connectivity index (χ4n) is 0. The quantitative estimate of drug-likeness (QED) is 0.369. The van der Waals surface area contributed by atoms with E-state index in [1.165, 1.54) is 0 Å². The molecule has 0 bridgehead atoms. The van der Waals surface area contributed by atoms with Gasteiger partial charge < -0.3 is 5.48 Å². The Hall–Kier alpha value is 3.76. The van der Waals surface area contributed by atoms with Crippen molar-refractivity contribution in [3.05, 3.63) is 0 Å². The van der Waals surface area contributed by atoms with Gasteiger partial charge in [0.05, 0.1) is 0 Å². The average molecular weight is 211 g/mol. The Kier molecular flexibility index (Phi) is 187. The van der Waals surface area contributed by atoms with Gasteiger partial charge in [-0.05, 0) is 0 Å². The molecule has 20 valence electrons. The summed E-state index contributed by atoms with van der Waals surface area (Å²) in [5.41, 5.74) is 0. The summed E-state index contributed by atoms with van der Waals surface area (Å²) < 4.78 is 0. The number of hydrogen-bond donors (Lipinski definition) is 0. The molecule has 5 heteroatoms. The van der Waals surface area contributed by atoms with Gasteiger partial charge in [-0.25, -0.2) is 0 Å². The van der Waals surface area contributed by atoms with Crippen LogP contribution in [0.1, 0.15) is 0 Å². The molecule has 0 aromatic carbocycles. The van der Waals surface area contributed by atoms with Crippen LogP contribution < -0.4 is 0 Å². The van der Waals surface area contributed by atoms with Crippen LogP contribution >= 0.6 is 0 Å². The van der Waals surface area contributed by atoms with Crippen molar-refractivity contribution in [2.45, 2.75) is 0 Å². The van der Waals surface area contributed by atoms with Crippen LogP contribution in [-0.4, -0.2) is 118 Å². The standard InChI is InChI=1S/3Na.H2O.Sn.5H/h;;;1H2;;;;;;. The van der Waals surface area contributed by atoms with E-state index < -0.39 is 0 Å². The van der Waals surface area contributed by atoms with Gasteiger partial charge in [0, 0.05) is 0 Å². The van der Waals surface area contributed by atoms with Gasteiger partial charge in [0.15, 0.2) is 0 Å². The third-order valence-electron chi connectivity index (χ3n) is 0. The van der Waals surface area contributed by atoms with E-state index in [1.54, 1.807) is 0 Å². The van der Waals surface area contributed by atoms with Crippen LogP contribution in [0.5, 0.6) is 0 Å². The number of rotatable bonds is 0. The molecule has 0 aliphatic carbocycles. The van der Waals surface area contributed by atoms with Crippen molar-refractivity contribution in [2.75, 3.05) is 0 Å². The predicted octanol–water partition coefficient (Wildman–Crippen LogP) is -3.69. The fraction of sp³-hybridized carbons (Fsp3) is 0. The average Bonchev–Trinajstić information content (AvgIpc) is 0. The Balaban J connectivity index is 0. The van der Waals surface area contributed by atoms with Crippen LogP contribution in [0.15, 0.2) is 0 Å². The van der Waals surface area contributed by atoms with Gasteiger partial charge in [-0.1, -0.05) is 0 Å². The molecule has 0 heterocycles. The normalized spacial score (nSPS) is 0. The van der Waals surface area contributed by atoms with E-state index >= 15 is 0 Å². The fourth-order valence-corrected chi connectivity index (χ4v) is 0. The van der Waals surface area contributed by atoms with Crippen molar-refractivity contribution in [1.82, 2.24) is 0 Å². The van der Waals surface area contributed by atoms with Gasteiger partial charge in [-0.3, -0.25) is 0 Å². The second-order valence-electron chi connectivity index (χ2n) is 0. The van der Waals surface area contributed by atoms with Gasteiger partial charge in [-0.15, -0.1) is 0 Å². The van der Waals surface area contributed by atoms with E-state index in [2.05, 4.69) is 0 Å². The Labute approximate surface area is 115 Å². The van der Waals surface area contributed by atoms with E-state index in [0.29, 0.717) is 0 Å². The van der Waals surface area contributed by atoms with E-state index in [9.17, 15) is 0 Å². The molecule has 0 aliphatic rings. The maximum absolute atomic E-state index is 0. The van der Waals surface area contributed by atoms with Crippen LogP contribution in [-0.2, 0) is 0 Å². The summed E-state index contributed by atoms with van der Waals surface area (Å²) in [7, 11) is 0. The first kappa shape index (κ1) is 37.3. The molecule has 1 nitrogen and oxygen atoms in total. The first-order valence-corrected chi connectivity index (χ1v) is 0. The molecular formula is H7Na3OSn. The molecule has 0 unspecified atom stereocenters. The third kappa shape index (κ3) is 18.2. The summed E-state index contributed by atoms with van der Waals surface area (Å²) in [6, 6.07) is 0. The van der Waals surface area contributed by atoms with Crippen LogP contribution in [0.25, 0.3) is 0 Å². The van der Waals surface area contributed by atoms with Crippen molar-refractivity contribution in [2.24, 2.45) is 0 Å². The third-order valence-corrected chi connectivity index (χ3v) is 0. The van der Waals surface area contributed by atoms with Gasteiger partial charge in [0.25, 0.3) is 0 Å². The molecule has 0 aromatic rings. The van der Waals surface area contributed by atoms with Crippen molar-refractivity contribution >= 4 is 113 Å². The summed E-state index contributed by atoms with van der Waals surface area (Å²) >= 11 is 0. The van der Waals surface area contributed by atoms with Crippen molar-refractivity contribution in [3.63, 3.8) is 0 Å². The van der Waals surface area contributed by atoms with Crippen LogP contribution in [0, 0.1) is 0 Å². The van der Waals surface area contributed by atoms with Crippen molar-refractivity contribution in [1.29, 1.82) is 0 Å². The molecule has 0 fully saturated rings. The summed E-state index contributed by atoms with van der Waals surface area (Å²) in [5, 5.41) is 0. The van der Waals surface area contributed by atoms with E-state index in [0.717, 1.165) is 0 Å². The molecule has 5 heavy (non-hydrogen) atoms. The zero-order valence-electron chi connectivity index (χ0n) is 1.21. The Morgan fingerprint density at radius 3 is 0.600 bits per heavy atom. The molecule has 0 saturated heterocycles. The van der Waals surface area contributed by atoms with E-state index in [-0.39, 0.29) is 118 Å². The first-order valence-electron chi connectivity index (χ1n) is 0. The molecular weight excluding hydrogens is 204 g/mol. The molecule has 2 radical (unpaired) electrons. The topological polar surface area (TPSA) is 31.5 Å². The van der Waals surface area contributed by atoms with Gasteiger partial charge in [0.1, 0.15) is 0 Å². The zero-order valence-corrected chi connectivity index (χ0v) is 5.24. The van der Waals surface area contributed by atoms with Crippen LogP contribution in [0.2, 0.25) is 0 Å². The van der Waals surface area contributed by atoms with Crippen LogP contribution in [0.4, 0.5) is 0 Å². The molecule has 0 saturated carbocycles. The van der Waals surface area contributed by atoms with Gasteiger partial charge in [-0.2, -0.15) is 0 Å². The molecule has 0 rings (SSSR count). The van der Waals surface area contributed by atoms with Crippen molar-refractivity contribution in [3.8, 4) is 0 Å². The Bertz CT molecular complexity index is 6.85. The second-order valence-corrected chi connectivity index (χ2v) is 0. The minimum absolute atomic E-state index is 0. The SMILES string of the molecule is O.[NaH].[NaH].[NaH].[SnH2]. The molecule has 0 aliphatic heterocycles. The van der Waals surface area contributed by atoms with E-state index in [4.69, 9.17) is 0 Å². The molecule has 0 atom stereocenters. The molecule has 0 spiro atoms. The summed E-state index contributed by atoms with van der Waals surface area (Å²) in [6.07, 6.45) is 0. The molecule has 0 aromatic heterocycles. The van der Waals surface area contributed by atoms with Crippen molar-refractivity contribution < 1.29 is 5.48 Å². The molecule has 0 amide bonds. The summed E-state index contributed by atoms with van der Waals surface area (Å²) in [5.74, 6) is 0. The van der Waals surface area contributed by atoms with Gasteiger partial charge in [0.2, 0.25) is 0 Å². The summed E-state index contributed by atoms with van der Waals surface area (Å²) in [4.78, 5) is 0. The maximum atomic E-state index is 0. The first-order chi connectivity index (χ1) is 0. The zero-order chi connectivity index (χ0) is 0. The second kappa shape index (κ2) is 25.1. The Morgan fingerprint density at radius 2 is 0.600 bits per heavy atom. The Morgan fingerprint density at radius 1 is 0.600 bits per heavy atom. The van der Waals surface area contributed by atoms with Crippen LogP contribution in [0.3, 0.4) is 0 Å². The minimum atomic E-state index is 0.